The van der Waals surface area contributed by atoms with Gasteiger partial charge in [0.15, 0.2) is 0 Å². The smallest absolute Gasteiger partial charge is 0.214 e. The second kappa shape index (κ2) is 5.05. The van der Waals surface area contributed by atoms with Gasteiger partial charge in [0.05, 0.1) is 4.75 Å². The van der Waals surface area contributed by atoms with Gasteiger partial charge in [0.25, 0.3) is 0 Å². The van der Waals surface area contributed by atoms with Crippen LogP contribution in [0.15, 0.2) is 0 Å². The minimum Gasteiger partial charge on any atom is -0.228 e. The molecule has 0 unspecified atom stereocenters. The molecule has 2 N–H and O–H groups in total. The summed E-state index contributed by atoms with van der Waals surface area (Å²) in [5.41, 5.74) is 0. The van der Waals surface area contributed by atoms with E-state index < -0.39 is 14.8 Å². The molecular formula is C12H25NO2S. The van der Waals surface area contributed by atoms with Crippen molar-refractivity contribution in [2.45, 2.75) is 64.0 Å². The Bertz CT molecular complexity index is 314. The summed E-state index contributed by atoms with van der Waals surface area (Å²) in [7, 11) is -3.43. The van der Waals surface area contributed by atoms with Gasteiger partial charge < -0.3 is 0 Å². The van der Waals surface area contributed by atoms with Crippen LogP contribution in [0.2, 0.25) is 0 Å². The third-order valence-corrected chi connectivity index (χ3v) is 6.06. The molecule has 4 heteroatoms. The van der Waals surface area contributed by atoms with E-state index in [1.54, 1.807) is 13.8 Å². The SMILES string of the molecule is CCCC1CCC(C(C)(C)S(N)(=O)=O)CC1. The standard InChI is InChI=1S/C12H25NO2S/c1-4-5-10-6-8-11(9-7-10)12(2,3)16(13,14)15/h10-11H,4-9H2,1-3H3,(H2,13,14,15). The Labute approximate surface area is 99.8 Å². The van der Waals surface area contributed by atoms with E-state index in [0.717, 1.165) is 31.6 Å². The summed E-state index contributed by atoms with van der Waals surface area (Å²) in [5.74, 6) is 1.04. The fraction of sp³-hybridized carbons (Fsp3) is 1.00. The Balaban J connectivity index is 2.60. The molecule has 16 heavy (non-hydrogen) atoms. The molecule has 0 spiro atoms. The van der Waals surface area contributed by atoms with E-state index in [4.69, 9.17) is 5.14 Å². The normalized spacial score (nSPS) is 28.0. The minimum atomic E-state index is -3.43. The molecule has 0 bridgehead atoms. The Morgan fingerprint density at radius 2 is 1.69 bits per heavy atom. The average Bonchev–Trinajstić information content (AvgIpc) is 2.17. The predicted molar refractivity (Wildman–Crippen MR) is 67.5 cm³/mol. The van der Waals surface area contributed by atoms with Gasteiger partial charge in [-0.2, -0.15) is 0 Å². The first-order chi connectivity index (χ1) is 7.29. The Morgan fingerprint density at radius 3 is 2.06 bits per heavy atom. The molecule has 0 atom stereocenters. The molecule has 1 rings (SSSR count). The summed E-state index contributed by atoms with van der Waals surface area (Å²) in [6, 6.07) is 0. The monoisotopic (exact) mass is 247 g/mol. The molecule has 0 amide bonds. The van der Waals surface area contributed by atoms with Gasteiger partial charge in [0.1, 0.15) is 0 Å². The van der Waals surface area contributed by atoms with E-state index in [1.165, 1.54) is 12.8 Å². The van der Waals surface area contributed by atoms with E-state index in [9.17, 15) is 8.42 Å². The van der Waals surface area contributed by atoms with Crippen molar-refractivity contribution in [3.8, 4) is 0 Å². The van der Waals surface area contributed by atoms with Crippen molar-refractivity contribution < 1.29 is 8.42 Å². The van der Waals surface area contributed by atoms with E-state index in [2.05, 4.69) is 6.92 Å². The minimum absolute atomic E-state index is 0.232. The molecule has 0 aromatic heterocycles. The molecule has 0 radical (unpaired) electrons. The van der Waals surface area contributed by atoms with Gasteiger partial charge in [0, 0.05) is 0 Å². The van der Waals surface area contributed by atoms with Crippen molar-refractivity contribution in [1.82, 2.24) is 0 Å². The fourth-order valence-electron chi connectivity index (χ4n) is 2.79. The predicted octanol–water partition coefficient (Wildman–Crippen LogP) is 2.66. The molecule has 96 valence electrons. The van der Waals surface area contributed by atoms with Gasteiger partial charge in [0.2, 0.25) is 10.0 Å². The van der Waals surface area contributed by atoms with Crippen molar-refractivity contribution in [3.63, 3.8) is 0 Å². The molecule has 0 aromatic carbocycles. The highest BCUT2D eigenvalue weighted by Gasteiger charge is 2.40. The van der Waals surface area contributed by atoms with E-state index in [-0.39, 0.29) is 5.92 Å². The molecule has 0 saturated heterocycles. The quantitative estimate of drug-likeness (QED) is 0.830. The van der Waals surface area contributed by atoms with Crippen LogP contribution in [0.5, 0.6) is 0 Å². The van der Waals surface area contributed by atoms with Crippen molar-refractivity contribution in [2.24, 2.45) is 17.0 Å². The largest absolute Gasteiger partial charge is 0.228 e. The molecule has 1 aliphatic carbocycles. The van der Waals surface area contributed by atoms with Gasteiger partial charge >= 0.3 is 0 Å². The lowest BCUT2D eigenvalue weighted by molar-refractivity contribution is 0.226. The zero-order chi connectivity index (χ0) is 12.4. The van der Waals surface area contributed by atoms with Crippen LogP contribution in [0.3, 0.4) is 0 Å². The van der Waals surface area contributed by atoms with Crippen LogP contribution in [-0.2, 0) is 10.0 Å². The first kappa shape index (κ1) is 14.0. The molecule has 0 aliphatic heterocycles. The summed E-state index contributed by atoms with van der Waals surface area (Å²) < 4.78 is 22.3. The van der Waals surface area contributed by atoms with Gasteiger partial charge in [-0.3, -0.25) is 0 Å². The van der Waals surface area contributed by atoms with Crippen LogP contribution >= 0.6 is 0 Å². The maximum atomic E-state index is 11.5. The second-order valence-corrected chi connectivity index (χ2v) is 7.80. The molecule has 1 fully saturated rings. The lowest BCUT2D eigenvalue weighted by atomic mass is 9.75. The summed E-state index contributed by atoms with van der Waals surface area (Å²) in [4.78, 5) is 0. The average molecular weight is 247 g/mol. The van der Waals surface area contributed by atoms with Crippen molar-refractivity contribution >= 4 is 10.0 Å². The first-order valence-electron chi connectivity index (χ1n) is 6.31. The zero-order valence-corrected chi connectivity index (χ0v) is 11.5. The molecule has 0 heterocycles. The van der Waals surface area contributed by atoms with Crippen LogP contribution < -0.4 is 5.14 Å². The van der Waals surface area contributed by atoms with Crippen LogP contribution in [0, 0.1) is 11.8 Å². The van der Waals surface area contributed by atoms with Gasteiger partial charge in [-0.25, -0.2) is 13.6 Å². The summed E-state index contributed by atoms with van der Waals surface area (Å²) in [6.07, 6.45) is 6.85. The first-order valence-corrected chi connectivity index (χ1v) is 7.86. The highest BCUT2D eigenvalue weighted by molar-refractivity contribution is 7.90. The summed E-state index contributed by atoms with van der Waals surface area (Å²) in [5, 5.41) is 5.31. The van der Waals surface area contributed by atoms with Crippen LogP contribution in [0.4, 0.5) is 0 Å². The maximum Gasteiger partial charge on any atom is 0.214 e. The van der Waals surface area contributed by atoms with E-state index >= 15 is 0 Å². The number of nitrogens with two attached hydrogens (primary N) is 1. The molecule has 0 aromatic rings. The number of sulfonamides is 1. The van der Waals surface area contributed by atoms with Gasteiger partial charge in [-0.05, 0) is 38.5 Å². The molecular weight excluding hydrogens is 222 g/mol. The number of primary sulfonamides is 1. The zero-order valence-electron chi connectivity index (χ0n) is 10.7. The lowest BCUT2D eigenvalue weighted by Gasteiger charge is -2.37. The molecule has 1 saturated carbocycles. The van der Waals surface area contributed by atoms with E-state index in [1.807, 2.05) is 0 Å². The Kier molecular flexibility index (Phi) is 4.41. The highest BCUT2D eigenvalue weighted by atomic mass is 32.2. The van der Waals surface area contributed by atoms with Crippen molar-refractivity contribution in [1.29, 1.82) is 0 Å². The van der Waals surface area contributed by atoms with Crippen LogP contribution in [0.25, 0.3) is 0 Å². The number of rotatable bonds is 4. The summed E-state index contributed by atoms with van der Waals surface area (Å²) in [6.45, 7) is 5.75. The van der Waals surface area contributed by atoms with Crippen LogP contribution in [-0.4, -0.2) is 13.2 Å². The third-order valence-electron chi connectivity index (χ3n) is 4.26. The lowest BCUT2D eigenvalue weighted by Crippen LogP contribution is -2.45. The third kappa shape index (κ3) is 2.98. The number of hydrogen-bond acceptors (Lipinski definition) is 2. The van der Waals surface area contributed by atoms with Crippen molar-refractivity contribution in [3.05, 3.63) is 0 Å². The fourth-order valence-corrected chi connectivity index (χ4v) is 3.49. The van der Waals surface area contributed by atoms with Crippen molar-refractivity contribution in [2.75, 3.05) is 0 Å². The number of hydrogen-bond donors (Lipinski definition) is 1. The van der Waals surface area contributed by atoms with Gasteiger partial charge in [-0.15, -0.1) is 0 Å². The van der Waals surface area contributed by atoms with Crippen LogP contribution in [0.1, 0.15) is 59.3 Å². The Morgan fingerprint density at radius 1 is 1.19 bits per heavy atom. The van der Waals surface area contributed by atoms with E-state index in [0.29, 0.717) is 0 Å². The topological polar surface area (TPSA) is 60.2 Å². The van der Waals surface area contributed by atoms with Gasteiger partial charge in [-0.1, -0.05) is 32.6 Å². The summed E-state index contributed by atoms with van der Waals surface area (Å²) >= 11 is 0. The Hall–Kier alpha value is -0.0900. The maximum absolute atomic E-state index is 11.5. The highest BCUT2D eigenvalue weighted by Crippen LogP contribution is 2.39. The molecule has 3 nitrogen and oxygen atoms in total. The molecule has 1 aliphatic rings. The second-order valence-electron chi connectivity index (χ2n) is 5.65.